The molecule has 4 rings (SSSR count). The number of fused-ring (bicyclic) bond motifs is 1. The van der Waals surface area contributed by atoms with Gasteiger partial charge in [-0.2, -0.15) is 0 Å². The monoisotopic (exact) mass is 344 g/mol. The summed E-state index contributed by atoms with van der Waals surface area (Å²) >= 11 is 3.58. The van der Waals surface area contributed by atoms with E-state index in [1.54, 1.807) is 12.3 Å². The van der Waals surface area contributed by atoms with Crippen LogP contribution >= 0.6 is 15.9 Å². The molecule has 0 spiro atoms. The largest absolute Gasteiger partial charge is 0.329 e. The van der Waals surface area contributed by atoms with Crippen LogP contribution in [-0.4, -0.2) is 20.0 Å². The third-order valence-corrected chi connectivity index (χ3v) is 4.66. The minimum atomic E-state index is -0.108. The first-order valence-corrected chi connectivity index (χ1v) is 7.73. The van der Waals surface area contributed by atoms with Gasteiger partial charge in [0.05, 0.1) is 9.99 Å². The number of H-pyrrole nitrogens is 1. The third-order valence-electron chi connectivity index (χ3n) is 3.86. The van der Waals surface area contributed by atoms with Crippen LogP contribution in [0.3, 0.4) is 0 Å². The van der Waals surface area contributed by atoms with Crippen LogP contribution in [0.15, 0.2) is 39.7 Å². The summed E-state index contributed by atoms with van der Waals surface area (Å²) in [5, 5.41) is 8.51. The Morgan fingerprint density at radius 3 is 2.90 bits per heavy atom. The number of pyridine rings is 1. The molecule has 6 heteroatoms. The number of hydrogen-bond acceptors (Lipinski definition) is 3. The summed E-state index contributed by atoms with van der Waals surface area (Å²) in [5.74, 6) is 0.741. The SMILES string of the molecule is O=c1[nH]cccc1-c1ccc2c(nnn2CC2CC2)c1Br. The number of halogens is 1. The van der Waals surface area contributed by atoms with Gasteiger partial charge in [0.25, 0.3) is 5.56 Å². The minimum absolute atomic E-state index is 0.108. The summed E-state index contributed by atoms with van der Waals surface area (Å²) in [5.41, 5.74) is 3.16. The quantitative estimate of drug-likeness (QED) is 0.794. The van der Waals surface area contributed by atoms with E-state index in [2.05, 4.69) is 31.2 Å². The first kappa shape index (κ1) is 12.8. The highest BCUT2D eigenvalue weighted by Gasteiger charge is 2.23. The zero-order valence-corrected chi connectivity index (χ0v) is 12.8. The summed E-state index contributed by atoms with van der Waals surface area (Å²) in [6, 6.07) is 7.56. The van der Waals surface area contributed by atoms with Crippen LogP contribution in [0.25, 0.3) is 22.2 Å². The molecule has 21 heavy (non-hydrogen) atoms. The van der Waals surface area contributed by atoms with Crippen molar-refractivity contribution in [3.05, 3.63) is 45.3 Å². The predicted molar refractivity (Wildman–Crippen MR) is 84.0 cm³/mol. The van der Waals surface area contributed by atoms with Crippen molar-refractivity contribution in [3.63, 3.8) is 0 Å². The van der Waals surface area contributed by atoms with Crippen LogP contribution in [0.1, 0.15) is 12.8 Å². The van der Waals surface area contributed by atoms with Crippen LogP contribution in [0.5, 0.6) is 0 Å². The van der Waals surface area contributed by atoms with Crippen molar-refractivity contribution < 1.29 is 0 Å². The summed E-state index contributed by atoms with van der Waals surface area (Å²) in [6.07, 6.45) is 4.18. The highest BCUT2D eigenvalue weighted by atomic mass is 79.9. The van der Waals surface area contributed by atoms with E-state index in [9.17, 15) is 4.79 Å². The minimum Gasteiger partial charge on any atom is -0.329 e. The molecule has 1 fully saturated rings. The van der Waals surface area contributed by atoms with Crippen molar-refractivity contribution in [2.75, 3.05) is 0 Å². The molecule has 2 heterocycles. The number of aromatic amines is 1. The molecule has 1 aromatic carbocycles. The number of nitrogens with zero attached hydrogens (tertiary/aromatic N) is 3. The van der Waals surface area contributed by atoms with Crippen molar-refractivity contribution in [2.24, 2.45) is 5.92 Å². The normalized spacial score (nSPS) is 14.7. The predicted octanol–water partition coefficient (Wildman–Crippen LogP) is 2.96. The van der Waals surface area contributed by atoms with Gasteiger partial charge in [-0.1, -0.05) is 11.3 Å². The van der Waals surface area contributed by atoms with E-state index >= 15 is 0 Å². The highest BCUT2D eigenvalue weighted by molar-refractivity contribution is 9.10. The second-order valence-corrected chi connectivity index (χ2v) is 6.22. The van der Waals surface area contributed by atoms with Crippen LogP contribution in [0.4, 0.5) is 0 Å². The Labute approximate surface area is 129 Å². The molecule has 2 aromatic heterocycles. The van der Waals surface area contributed by atoms with E-state index in [0.29, 0.717) is 5.56 Å². The zero-order chi connectivity index (χ0) is 14.4. The lowest BCUT2D eigenvalue weighted by Gasteiger charge is -2.05. The van der Waals surface area contributed by atoms with Gasteiger partial charge in [0.2, 0.25) is 0 Å². The average Bonchev–Trinajstić information content (AvgIpc) is 3.20. The van der Waals surface area contributed by atoms with Gasteiger partial charge in [0.1, 0.15) is 5.52 Å². The maximum atomic E-state index is 11.9. The number of aromatic nitrogens is 4. The Balaban J connectivity index is 1.87. The van der Waals surface area contributed by atoms with Crippen LogP contribution in [0.2, 0.25) is 0 Å². The van der Waals surface area contributed by atoms with E-state index in [-0.39, 0.29) is 5.56 Å². The maximum absolute atomic E-state index is 11.9. The third kappa shape index (κ3) is 2.19. The smallest absolute Gasteiger partial charge is 0.255 e. The van der Waals surface area contributed by atoms with Gasteiger partial charge in [-0.15, -0.1) is 5.10 Å². The molecule has 0 bridgehead atoms. The maximum Gasteiger partial charge on any atom is 0.255 e. The van der Waals surface area contributed by atoms with Gasteiger partial charge in [-0.25, -0.2) is 4.68 Å². The van der Waals surface area contributed by atoms with Crippen molar-refractivity contribution >= 4 is 27.0 Å². The molecule has 1 aliphatic carbocycles. The Hall–Kier alpha value is -1.95. The molecular weight excluding hydrogens is 332 g/mol. The number of hydrogen-bond donors (Lipinski definition) is 1. The molecule has 1 aliphatic rings. The van der Waals surface area contributed by atoms with Crippen LogP contribution in [-0.2, 0) is 6.54 Å². The van der Waals surface area contributed by atoms with Gasteiger partial charge < -0.3 is 4.98 Å². The molecule has 0 atom stereocenters. The first-order valence-electron chi connectivity index (χ1n) is 6.94. The van der Waals surface area contributed by atoms with Gasteiger partial charge in [0.15, 0.2) is 0 Å². The number of benzene rings is 1. The Bertz CT molecular complexity index is 879. The Kier molecular flexibility index (Phi) is 2.92. The lowest BCUT2D eigenvalue weighted by molar-refractivity contribution is 0.559. The van der Waals surface area contributed by atoms with Crippen LogP contribution in [0, 0.1) is 5.92 Å². The fourth-order valence-electron chi connectivity index (χ4n) is 2.53. The molecular formula is C15H13BrN4O. The van der Waals surface area contributed by atoms with Gasteiger partial charge in [-0.05, 0) is 52.9 Å². The fourth-order valence-corrected chi connectivity index (χ4v) is 3.15. The number of nitrogens with one attached hydrogen (secondary N) is 1. The standard InChI is InChI=1S/C15H13BrN4O/c16-13-10(11-2-1-7-17-15(11)21)5-6-12-14(13)18-19-20(12)8-9-3-4-9/h1-2,5-7,9H,3-4,8H2,(H,17,21). The van der Waals surface area contributed by atoms with Crippen LogP contribution < -0.4 is 5.56 Å². The second kappa shape index (κ2) is 4.80. The Morgan fingerprint density at radius 2 is 2.14 bits per heavy atom. The molecule has 0 amide bonds. The average molecular weight is 345 g/mol. The lowest BCUT2D eigenvalue weighted by atomic mass is 10.1. The first-order chi connectivity index (χ1) is 10.2. The van der Waals surface area contributed by atoms with E-state index in [0.717, 1.165) is 33.5 Å². The zero-order valence-electron chi connectivity index (χ0n) is 11.2. The summed E-state index contributed by atoms with van der Waals surface area (Å²) in [6.45, 7) is 0.925. The van der Waals surface area contributed by atoms with Crippen molar-refractivity contribution in [2.45, 2.75) is 19.4 Å². The lowest BCUT2D eigenvalue weighted by Crippen LogP contribution is -2.07. The fraction of sp³-hybridized carbons (Fsp3) is 0.267. The molecule has 1 N–H and O–H groups in total. The molecule has 106 valence electrons. The van der Waals surface area contributed by atoms with E-state index < -0.39 is 0 Å². The summed E-state index contributed by atoms with van der Waals surface area (Å²) < 4.78 is 2.77. The van der Waals surface area contributed by atoms with Gasteiger partial charge >= 0.3 is 0 Å². The summed E-state index contributed by atoms with van der Waals surface area (Å²) in [4.78, 5) is 14.6. The molecule has 1 saturated carbocycles. The molecule has 0 saturated heterocycles. The van der Waals surface area contributed by atoms with Crippen molar-refractivity contribution in [1.82, 2.24) is 20.0 Å². The van der Waals surface area contributed by atoms with Gasteiger partial charge in [-0.3, -0.25) is 4.79 Å². The van der Waals surface area contributed by atoms with Crippen molar-refractivity contribution in [1.29, 1.82) is 0 Å². The topological polar surface area (TPSA) is 63.6 Å². The molecule has 3 aromatic rings. The number of rotatable bonds is 3. The molecule has 0 aliphatic heterocycles. The van der Waals surface area contributed by atoms with Crippen molar-refractivity contribution in [3.8, 4) is 11.1 Å². The molecule has 0 unspecified atom stereocenters. The summed E-state index contributed by atoms with van der Waals surface area (Å²) in [7, 11) is 0. The second-order valence-electron chi connectivity index (χ2n) is 5.42. The Morgan fingerprint density at radius 1 is 1.29 bits per heavy atom. The van der Waals surface area contributed by atoms with E-state index in [4.69, 9.17) is 0 Å². The molecule has 5 nitrogen and oxygen atoms in total. The highest BCUT2D eigenvalue weighted by Crippen LogP contribution is 2.34. The van der Waals surface area contributed by atoms with E-state index in [1.165, 1.54) is 12.8 Å². The van der Waals surface area contributed by atoms with Gasteiger partial charge in [0, 0.05) is 23.9 Å². The van der Waals surface area contributed by atoms with E-state index in [1.807, 2.05) is 22.9 Å². The molecule has 0 radical (unpaired) electrons.